The van der Waals surface area contributed by atoms with Gasteiger partial charge in [0.2, 0.25) is 0 Å². The van der Waals surface area contributed by atoms with Crippen LogP contribution in [-0.2, 0) is 19.2 Å². The van der Waals surface area contributed by atoms with Crippen molar-refractivity contribution >= 4 is 73.0 Å². The molecule has 3 aromatic heterocycles. The number of aromatic amines is 2. The van der Waals surface area contributed by atoms with E-state index in [9.17, 15) is 0 Å². The van der Waals surface area contributed by atoms with Gasteiger partial charge >= 0.3 is 73.7 Å². The van der Waals surface area contributed by atoms with Crippen LogP contribution in [0.15, 0.2) is 72.8 Å². The van der Waals surface area contributed by atoms with Crippen molar-refractivity contribution in [1.82, 2.24) is 19.9 Å². The Labute approximate surface area is 210 Å². The van der Waals surface area contributed by atoms with Gasteiger partial charge in [0, 0.05) is 22.1 Å². The number of nitrogens with zero attached hydrogens (tertiary/aromatic N) is 2. The second kappa shape index (κ2) is 9.37. The van der Waals surface area contributed by atoms with E-state index < -0.39 is 0 Å². The summed E-state index contributed by atoms with van der Waals surface area (Å²) in [5.74, 6) is 0. The average molecular weight is 620 g/mol. The first-order valence-corrected chi connectivity index (χ1v) is 11.9. The van der Waals surface area contributed by atoms with Crippen LogP contribution >= 0.6 is 22.6 Å². The van der Waals surface area contributed by atoms with Crippen molar-refractivity contribution in [2.75, 3.05) is 0 Å². The number of benzene rings is 1. The van der Waals surface area contributed by atoms with Crippen LogP contribution in [-0.4, -0.2) is 19.9 Å². The summed E-state index contributed by atoms with van der Waals surface area (Å²) in [4.78, 5) is 16.0. The summed E-state index contributed by atoms with van der Waals surface area (Å²) in [7, 11) is 0. The van der Waals surface area contributed by atoms with E-state index in [1.165, 1.54) is 7.61 Å². The van der Waals surface area contributed by atoms with E-state index in [4.69, 9.17) is 0 Å². The molecule has 2 aliphatic heterocycles. The van der Waals surface area contributed by atoms with Crippen LogP contribution in [0, 0.1) is 3.57 Å². The molecule has 1 aromatic carbocycles. The molecule has 0 atom stereocenters. The van der Waals surface area contributed by atoms with Crippen molar-refractivity contribution in [3.05, 3.63) is 99.1 Å². The average Bonchev–Trinajstić information content (AvgIpc) is 3.57. The zero-order valence-electron chi connectivity index (χ0n) is 16.8. The van der Waals surface area contributed by atoms with Crippen LogP contribution in [0.2, 0.25) is 0 Å². The molecule has 8 bridgehead atoms. The van der Waals surface area contributed by atoms with E-state index in [1.54, 1.807) is 0 Å². The van der Waals surface area contributed by atoms with Crippen LogP contribution in [0.5, 0.6) is 0 Å². The molecule has 5 heterocycles. The molecule has 6 rings (SSSR count). The molecular formula is C26H18IN4Pd. The molecule has 32 heavy (non-hydrogen) atoms. The van der Waals surface area contributed by atoms with Crippen LogP contribution in [0.1, 0.15) is 22.8 Å². The van der Waals surface area contributed by atoms with Gasteiger partial charge in [-0.25, -0.2) is 9.97 Å². The first-order chi connectivity index (χ1) is 15.6. The summed E-state index contributed by atoms with van der Waals surface area (Å²) in [6.45, 7) is 0. The van der Waals surface area contributed by atoms with Crippen molar-refractivity contribution < 1.29 is 19.2 Å². The number of rotatable bonds is 0. The van der Waals surface area contributed by atoms with Gasteiger partial charge in [0.1, 0.15) is 0 Å². The van der Waals surface area contributed by atoms with Gasteiger partial charge in [-0.05, 0) is 72.8 Å². The molecule has 6 heteroatoms. The quantitative estimate of drug-likeness (QED) is 0.159. The summed E-state index contributed by atoms with van der Waals surface area (Å²) in [6.07, 6.45) is 8.09. The second-order valence-corrected chi connectivity index (χ2v) is 9.45. The first-order valence-electron chi connectivity index (χ1n) is 10.0. The molecule has 0 saturated carbocycles. The molecule has 0 unspecified atom stereocenters. The Balaban J connectivity index is 0.000000230. The Morgan fingerprint density at radius 2 is 0.875 bits per heavy atom. The Morgan fingerprint density at radius 3 is 1.19 bits per heavy atom. The zero-order valence-corrected chi connectivity index (χ0v) is 20.5. The third kappa shape index (κ3) is 5.33. The number of halogens is 1. The van der Waals surface area contributed by atoms with Gasteiger partial charge < -0.3 is 9.97 Å². The van der Waals surface area contributed by atoms with Crippen LogP contribution in [0.3, 0.4) is 0 Å². The summed E-state index contributed by atoms with van der Waals surface area (Å²) in [6, 6.07) is 24.6. The van der Waals surface area contributed by atoms with E-state index in [2.05, 4.69) is 98.1 Å². The Hall–Kier alpha value is -2.79. The van der Waals surface area contributed by atoms with E-state index in [0.29, 0.717) is 0 Å². The number of hydrogen-bond acceptors (Lipinski definition) is 2. The van der Waals surface area contributed by atoms with Gasteiger partial charge in [-0.15, -0.1) is 0 Å². The molecule has 4 aromatic rings. The predicted octanol–water partition coefficient (Wildman–Crippen LogP) is 6.12. The topological polar surface area (TPSA) is 57.4 Å². The van der Waals surface area contributed by atoms with Crippen molar-refractivity contribution in [3.8, 4) is 0 Å². The molecule has 2 aliphatic rings. The summed E-state index contributed by atoms with van der Waals surface area (Å²) < 4.78 is 2.45. The number of hydrogen-bond donors (Lipinski definition) is 2. The molecule has 159 valence electrons. The van der Waals surface area contributed by atoms with Gasteiger partial charge in [-0.3, -0.25) is 0 Å². The maximum atomic E-state index is 4.63. The van der Waals surface area contributed by atoms with Crippen molar-refractivity contribution in [3.63, 3.8) is 0 Å². The van der Waals surface area contributed by atoms with E-state index >= 15 is 0 Å². The first kappa shape index (κ1) is 21.1. The fourth-order valence-electron chi connectivity index (χ4n) is 3.36. The molecule has 4 nitrogen and oxygen atoms in total. The Morgan fingerprint density at radius 1 is 0.531 bits per heavy atom. The SMILES string of the molecule is C1=Cc2cc3ccc(cc4nc(cc5ccc(cc1n2)[nH]5)C=C4)[nH]3.[Pd][c]1ccc(I)cc1. The van der Waals surface area contributed by atoms with Gasteiger partial charge in [0.15, 0.2) is 0 Å². The number of H-pyrrole nitrogens is 2. The maximum absolute atomic E-state index is 4.63. The van der Waals surface area contributed by atoms with Crippen LogP contribution in [0.4, 0.5) is 0 Å². The molecular weight excluding hydrogens is 602 g/mol. The summed E-state index contributed by atoms with van der Waals surface area (Å²) >= 11 is 5.37. The fourth-order valence-corrected chi connectivity index (χ4v) is 3.98. The number of nitrogens with one attached hydrogen (secondary N) is 2. The molecule has 0 radical (unpaired) electrons. The van der Waals surface area contributed by atoms with Crippen molar-refractivity contribution in [2.24, 2.45) is 0 Å². The molecule has 0 amide bonds. The standard InChI is InChI=1S/C20H14N4.C6H4I.Pd/c1-2-14-10-16-5-6-18(23-16)12-20-8-7-19(24-20)11-17-4-3-15(22-17)9-13(1)21-14;7-6-4-2-1-3-5-6;/h1-12,21,24H;2-5H;. The summed E-state index contributed by atoms with van der Waals surface area (Å²) in [5, 5.41) is 0. The fraction of sp³-hybridized carbons (Fsp3) is 0. The monoisotopic (exact) mass is 619 g/mol. The van der Waals surface area contributed by atoms with Crippen LogP contribution in [0.25, 0.3) is 46.4 Å². The molecule has 0 saturated heterocycles. The third-order valence-electron chi connectivity index (χ3n) is 4.82. The Kier molecular flexibility index (Phi) is 6.17. The minimum atomic E-state index is 0.939. The Bertz CT molecular complexity index is 1300. The normalized spacial score (nSPS) is 11.8. The van der Waals surface area contributed by atoms with E-state index in [0.717, 1.165) is 44.8 Å². The van der Waals surface area contributed by atoms with Gasteiger partial charge in [-0.1, -0.05) is 0 Å². The van der Waals surface area contributed by atoms with Crippen molar-refractivity contribution in [1.29, 1.82) is 0 Å². The van der Waals surface area contributed by atoms with E-state index in [1.807, 2.05) is 60.7 Å². The molecule has 0 spiro atoms. The molecule has 0 aliphatic carbocycles. The third-order valence-corrected chi connectivity index (χ3v) is 6.06. The van der Waals surface area contributed by atoms with Crippen molar-refractivity contribution in [2.45, 2.75) is 0 Å². The van der Waals surface area contributed by atoms with E-state index in [-0.39, 0.29) is 0 Å². The van der Waals surface area contributed by atoms with Gasteiger partial charge in [-0.2, -0.15) is 0 Å². The van der Waals surface area contributed by atoms with Gasteiger partial charge in [0.05, 0.1) is 22.8 Å². The van der Waals surface area contributed by atoms with Crippen LogP contribution < -0.4 is 4.04 Å². The second-order valence-electron chi connectivity index (χ2n) is 7.31. The zero-order chi connectivity index (χ0) is 21.9. The van der Waals surface area contributed by atoms with Gasteiger partial charge in [0.25, 0.3) is 0 Å². The predicted molar refractivity (Wildman–Crippen MR) is 138 cm³/mol. The number of fused-ring (bicyclic) bond motifs is 8. The summed E-state index contributed by atoms with van der Waals surface area (Å²) in [5.41, 5.74) is 7.86. The molecule has 2 N–H and O–H groups in total. The molecule has 0 fully saturated rings. The minimum absolute atomic E-state index is 0.939. The number of aromatic nitrogens is 4.